The quantitative estimate of drug-likeness (QED) is 0.318. The first kappa shape index (κ1) is 36.6. The fourth-order valence-corrected chi connectivity index (χ4v) is 5.21. The lowest BCUT2D eigenvalue weighted by Crippen LogP contribution is -2.50. The number of esters is 2. The van der Waals surface area contributed by atoms with Gasteiger partial charge in [0.15, 0.2) is 6.10 Å². The van der Waals surface area contributed by atoms with Crippen molar-refractivity contribution >= 4 is 41.4 Å². The molecule has 3 rings (SSSR count). The highest BCUT2D eigenvalue weighted by atomic mass is 35.5. The van der Waals surface area contributed by atoms with Crippen LogP contribution in [0.3, 0.4) is 0 Å². The minimum atomic E-state index is -1.21. The SMILES string of the molecule is COc1ccc(CC2NC(=O)CC(C[C@H](O)[C@H](C)/C=C/c3ccccc3)OC(=O)C(CC(C)C)OC(=O)[C@H](C)CNC2=O)cc1Cl. The van der Waals surface area contributed by atoms with E-state index in [0.29, 0.717) is 16.3 Å². The summed E-state index contributed by atoms with van der Waals surface area (Å²) in [7, 11) is 1.49. The Labute approximate surface area is 275 Å². The molecule has 2 aromatic rings. The van der Waals surface area contributed by atoms with Crippen LogP contribution in [0.4, 0.5) is 0 Å². The summed E-state index contributed by atoms with van der Waals surface area (Å²) in [6, 6.07) is 13.6. The second-order valence-corrected chi connectivity index (χ2v) is 12.6. The average molecular weight is 657 g/mol. The maximum absolute atomic E-state index is 13.4. The topological polar surface area (TPSA) is 140 Å². The van der Waals surface area contributed by atoms with Crippen LogP contribution in [-0.2, 0) is 35.1 Å². The molecule has 2 aromatic carbocycles. The van der Waals surface area contributed by atoms with Crippen LogP contribution in [-0.4, -0.2) is 66.9 Å². The first-order chi connectivity index (χ1) is 21.9. The van der Waals surface area contributed by atoms with Crippen molar-refractivity contribution in [1.82, 2.24) is 10.6 Å². The van der Waals surface area contributed by atoms with Gasteiger partial charge in [0.1, 0.15) is 17.9 Å². The van der Waals surface area contributed by atoms with E-state index < -0.39 is 54.0 Å². The molecule has 1 fully saturated rings. The van der Waals surface area contributed by atoms with Gasteiger partial charge in [0.05, 0.1) is 30.6 Å². The fourth-order valence-electron chi connectivity index (χ4n) is 4.93. The van der Waals surface area contributed by atoms with Crippen LogP contribution in [0, 0.1) is 17.8 Å². The zero-order valence-electron chi connectivity index (χ0n) is 27.0. The van der Waals surface area contributed by atoms with Crippen LogP contribution in [0.25, 0.3) is 6.08 Å². The van der Waals surface area contributed by atoms with E-state index >= 15 is 0 Å². The predicted octanol–water partition coefficient (Wildman–Crippen LogP) is 4.50. The van der Waals surface area contributed by atoms with Gasteiger partial charge >= 0.3 is 11.9 Å². The van der Waals surface area contributed by atoms with Crippen molar-refractivity contribution in [2.45, 2.75) is 77.7 Å². The highest BCUT2D eigenvalue weighted by Gasteiger charge is 2.33. The Morgan fingerprint density at radius 2 is 1.74 bits per heavy atom. The summed E-state index contributed by atoms with van der Waals surface area (Å²) in [5.74, 6) is -3.21. The van der Waals surface area contributed by atoms with Gasteiger partial charge in [-0.15, -0.1) is 0 Å². The second-order valence-electron chi connectivity index (χ2n) is 12.2. The minimum Gasteiger partial charge on any atom is -0.495 e. The standard InChI is InChI=1S/C35H45ClN2O8/c1-21(2)15-31-35(43)45-26(18-29(39)22(3)11-12-24-9-7-6-8-10-24)19-32(40)38-28(33(41)37-20-23(4)34(42)46-31)17-25-13-14-30(44-5)27(36)16-25/h6-14,16,21-23,26,28-29,31,39H,15,17-20H2,1-5H3,(H,37,41)(H,38,40)/b12-11+/t22-,23-,26?,28?,29+,31?/m1/s1. The van der Waals surface area contributed by atoms with Crippen molar-refractivity contribution in [3.05, 3.63) is 70.8 Å². The van der Waals surface area contributed by atoms with Crippen molar-refractivity contribution in [3.8, 4) is 5.75 Å². The predicted molar refractivity (Wildman–Crippen MR) is 175 cm³/mol. The molecular formula is C35H45ClN2O8. The smallest absolute Gasteiger partial charge is 0.347 e. The molecule has 10 nitrogen and oxygen atoms in total. The molecule has 0 aliphatic carbocycles. The number of cyclic esters (lactones) is 2. The molecule has 2 amide bonds. The maximum Gasteiger partial charge on any atom is 0.347 e. The zero-order valence-corrected chi connectivity index (χ0v) is 27.8. The highest BCUT2D eigenvalue weighted by molar-refractivity contribution is 6.32. The van der Waals surface area contributed by atoms with Crippen molar-refractivity contribution in [2.75, 3.05) is 13.7 Å². The Morgan fingerprint density at radius 1 is 1.02 bits per heavy atom. The number of methoxy groups -OCH3 is 1. The van der Waals surface area contributed by atoms with Gasteiger partial charge in [-0.3, -0.25) is 14.4 Å². The van der Waals surface area contributed by atoms with Crippen molar-refractivity contribution in [1.29, 1.82) is 0 Å². The molecule has 11 heteroatoms. The van der Waals surface area contributed by atoms with Gasteiger partial charge in [0, 0.05) is 25.3 Å². The summed E-state index contributed by atoms with van der Waals surface area (Å²) in [5, 5.41) is 16.9. The number of hydrogen-bond donors (Lipinski definition) is 3. The number of ether oxygens (including phenoxy) is 3. The third kappa shape index (κ3) is 11.5. The Balaban J connectivity index is 1.87. The van der Waals surface area contributed by atoms with Crippen molar-refractivity contribution < 1.29 is 38.5 Å². The lowest BCUT2D eigenvalue weighted by atomic mass is 9.96. The first-order valence-electron chi connectivity index (χ1n) is 15.6. The third-order valence-corrected chi connectivity index (χ3v) is 7.99. The number of hydrogen-bond acceptors (Lipinski definition) is 8. The van der Waals surface area contributed by atoms with Gasteiger partial charge in [0.25, 0.3) is 0 Å². The Morgan fingerprint density at radius 3 is 2.39 bits per heavy atom. The van der Waals surface area contributed by atoms with E-state index in [4.69, 9.17) is 25.8 Å². The van der Waals surface area contributed by atoms with Crippen LogP contribution in [0.1, 0.15) is 58.1 Å². The van der Waals surface area contributed by atoms with E-state index in [0.717, 1.165) is 5.56 Å². The molecule has 6 atom stereocenters. The lowest BCUT2D eigenvalue weighted by Gasteiger charge is -2.28. The summed E-state index contributed by atoms with van der Waals surface area (Å²) >= 11 is 6.29. The summed E-state index contributed by atoms with van der Waals surface area (Å²) in [4.78, 5) is 53.1. The average Bonchev–Trinajstić information content (AvgIpc) is 3.01. The molecule has 250 valence electrons. The van der Waals surface area contributed by atoms with Crippen molar-refractivity contribution in [3.63, 3.8) is 0 Å². The van der Waals surface area contributed by atoms with E-state index in [-0.39, 0.29) is 44.1 Å². The minimum absolute atomic E-state index is 0.0121. The van der Waals surface area contributed by atoms with Crippen LogP contribution < -0.4 is 15.4 Å². The van der Waals surface area contributed by atoms with E-state index in [1.807, 2.05) is 63.3 Å². The Kier molecular flexibility index (Phi) is 14.1. The molecule has 0 bridgehead atoms. The number of nitrogens with one attached hydrogen (secondary N) is 2. The van der Waals surface area contributed by atoms with Crippen molar-refractivity contribution in [2.24, 2.45) is 17.8 Å². The number of benzene rings is 2. The first-order valence-corrected chi connectivity index (χ1v) is 16.0. The van der Waals surface area contributed by atoms with Gasteiger partial charge in [0.2, 0.25) is 11.8 Å². The highest BCUT2D eigenvalue weighted by Crippen LogP contribution is 2.26. The van der Waals surface area contributed by atoms with Crippen LogP contribution in [0.15, 0.2) is 54.6 Å². The monoisotopic (exact) mass is 656 g/mol. The number of amides is 2. The largest absolute Gasteiger partial charge is 0.495 e. The molecule has 1 saturated heterocycles. The molecule has 0 spiro atoms. The summed E-state index contributed by atoms with van der Waals surface area (Å²) in [5.41, 5.74) is 1.62. The number of carbonyl (C=O) groups excluding carboxylic acids is 4. The second kappa shape index (κ2) is 17.7. The van der Waals surface area contributed by atoms with Crippen LogP contribution in [0.5, 0.6) is 5.75 Å². The number of halogens is 1. The van der Waals surface area contributed by atoms with Gasteiger partial charge in [-0.1, -0.05) is 87.8 Å². The van der Waals surface area contributed by atoms with E-state index in [2.05, 4.69) is 10.6 Å². The zero-order chi connectivity index (χ0) is 33.8. The molecule has 1 aliphatic heterocycles. The molecule has 1 aliphatic rings. The molecule has 0 radical (unpaired) electrons. The van der Waals surface area contributed by atoms with E-state index in [1.165, 1.54) is 7.11 Å². The summed E-state index contributed by atoms with van der Waals surface area (Å²) in [6.45, 7) is 7.08. The van der Waals surface area contributed by atoms with Gasteiger partial charge in [-0.2, -0.15) is 0 Å². The third-order valence-electron chi connectivity index (χ3n) is 7.70. The van der Waals surface area contributed by atoms with E-state index in [9.17, 15) is 24.3 Å². The molecular weight excluding hydrogens is 612 g/mol. The normalized spacial score (nSPS) is 23.1. The number of carbonyl (C=O) groups is 4. The lowest BCUT2D eigenvalue weighted by molar-refractivity contribution is -0.176. The molecule has 0 aromatic heterocycles. The fraction of sp³-hybridized carbons (Fsp3) is 0.486. The van der Waals surface area contributed by atoms with E-state index in [1.54, 1.807) is 25.1 Å². The molecule has 0 saturated carbocycles. The number of aliphatic hydroxyl groups is 1. The maximum atomic E-state index is 13.4. The molecule has 46 heavy (non-hydrogen) atoms. The van der Waals surface area contributed by atoms with Gasteiger partial charge < -0.3 is 30.0 Å². The van der Waals surface area contributed by atoms with Gasteiger partial charge in [-0.25, -0.2) is 4.79 Å². The summed E-state index contributed by atoms with van der Waals surface area (Å²) < 4.78 is 16.6. The van der Waals surface area contributed by atoms with Gasteiger partial charge in [-0.05, 0) is 35.6 Å². The number of rotatable bonds is 10. The van der Waals surface area contributed by atoms with Crippen LogP contribution >= 0.6 is 11.6 Å². The Hall–Kier alpha value is -3.89. The molecule has 3 N–H and O–H groups in total. The summed E-state index contributed by atoms with van der Waals surface area (Å²) in [6.07, 6.45) is 0.369. The number of aliphatic hydroxyl groups excluding tert-OH is 1. The molecule has 1 heterocycles. The molecule has 3 unspecified atom stereocenters. The van der Waals surface area contributed by atoms with Crippen LogP contribution in [0.2, 0.25) is 5.02 Å². The Bertz CT molecular complexity index is 1370.